The summed E-state index contributed by atoms with van der Waals surface area (Å²) in [5.74, 6) is -0.499. The number of hydrogen-bond donors (Lipinski definition) is 2. The molecule has 0 saturated heterocycles. The van der Waals surface area contributed by atoms with E-state index in [1.807, 2.05) is 24.3 Å². The van der Waals surface area contributed by atoms with E-state index in [-0.39, 0.29) is 11.5 Å². The van der Waals surface area contributed by atoms with Crippen LogP contribution in [0.15, 0.2) is 61.1 Å². The molecule has 1 fully saturated rings. The first-order valence-corrected chi connectivity index (χ1v) is 12.0. The monoisotopic (exact) mass is 489 g/mol. The van der Waals surface area contributed by atoms with E-state index in [2.05, 4.69) is 25.6 Å². The topological polar surface area (TPSA) is 94.5 Å². The molecule has 3 heterocycles. The van der Waals surface area contributed by atoms with Gasteiger partial charge in [-0.05, 0) is 53.1 Å². The lowest BCUT2D eigenvalue weighted by Crippen LogP contribution is -2.19. The first-order chi connectivity index (χ1) is 17.0. The van der Waals surface area contributed by atoms with E-state index in [1.54, 1.807) is 29.2 Å². The van der Waals surface area contributed by atoms with Crippen molar-refractivity contribution >= 4 is 27.4 Å². The Labute approximate surface area is 203 Å². The van der Waals surface area contributed by atoms with Crippen LogP contribution in [0.4, 0.5) is 14.7 Å². The molecule has 1 saturated carbocycles. The van der Waals surface area contributed by atoms with Crippen LogP contribution in [0.5, 0.6) is 0 Å². The van der Waals surface area contributed by atoms with E-state index in [9.17, 15) is 8.78 Å². The molecule has 0 radical (unpaired) electrons. The van der Waals surface area contributed by atoms with E-state index >= 15 is 0 Å². The molecule has 0 atom stereocenters. The SMILES string of the molecule is NC1(c2ccc(F)cc2-c2cccc3cc(-c4nc(NCCn5ccnn5)ncc4F)sc23)CC1. The summed E-state index contributed by atoms with van der Waals surface area (Å²) in [6.45, 7) is 1.08. The Balaban J connectivity index is 1.37. The van der Waals surface area contributed by atoms with Gasteiger partial charge in [-0.2, -0.15) is 0 Å². The first kappa shape index (κ1) is 21.8. The fourth-order valence-electron chi connectivity index (χ4n) is 4.23. The molecule has 7 nitrogen and oxygen atoms in total. The van der Waals surface area contributed by atoms with Gasteiger partial charge in [0.05, 0.1) is 23.8 Å². The van der Waals surface area contributed by atoms with Gasteiger partial charge in [-0.25, -0.2) is 18.7 Å². The van der Waals surface area contributed by atoms with Crippen LogP contribution in [0, 0.1) is 11.6 Å². The molecule has 3 aromatic heterocycles. The van der Waals surface area contributed by atoms with Crippen molar-refractivity contribution in [1.29, 1.82) is 0 Å². The van der Waals surface area contributed by atoms with Crippen LogP contribution < -0.4 is 11.1 Å². The van der Waals surface area contributed by atoms with Crippen molar-refractivity contribution in [3.8, 4) is 21.7 Å². The Hall–Kier alpha value is -3.76. The van der Waals surface area contributed by atoms with Crippen molar-refractivity contribution in [2.45, 2.75) is 24.9 Å². The van der Waals surface area contributed by atoms with Crippen molar-refractivity contribution in [1.82, 2.24) is 25.0 Å². The third kappa shape index (κ3) is 4.15. The van der Waals surface area contributed by atoms with Crippen LogP contribution >= 0.6 is 11.3 Å². The maximum absolute atomic E-state index is 14.8. The predicted molar refractivity (Wildman–Crippen MR) is 132 cm³/mol. The highest BCUT2D eigenvalue weighted by atomic mass is 32.1. The minimum absolute atomic E-state index is 0.215. The quantitative estimate of drug-likeness (QED) is 0.336. The molecule has 3 N–H and O–H groups in total. The number of halogens is 2. The molecule has 0 spiro atoms. The largest absolute Gasteiger partial charge is 0.352 e. The van der Waals surface area contributed by atoms with E-state index in [0.29, 0.717) is 23.9 Å². The maximum Gasteiger partial charge on any atom is 0.223 e. The van der Waals surface area contributed by atoms with E-state index in [0.717, 1.165) is 39.6 Å². The van der Waals surface area contributed by atoms with Crippen LogP contribution in [-0.2, 0) is 12.1 Å². The number of hydrogen-bond acceptors (Lipinski definition) is 7. The number of aromatic nitrogens is 5. The molecule has 6 rings (SSSR count). The van der Waals surface area contributed by atoms with Gasteiger partial charge in [0.1, 0.15) is 11.5 Å². The molecule has 5 aromatic rings. The van der Waals surface area contributed by atoms with Crippen molar-refractivity contribution in [3.63, 3.8) is 0 Å². The molecule has 0 bridgehead atoms. The molecule has 1 aliphatic carbocycles. The van der Waals surface area contributed by atoms with Gasteiger partial charge in [-0.15, -0.1) is 16.4 Å². The number of benzene rings is 2. The normalized spacial score (nSPS) is 14.4. The average Bonchev–Trinajstić information content (AvgIpc) is 3.24. The zero-order valence-corrected chi connectivity index (χ0v) is 19.4. The lowest BCUT2D eigenvalue weighted by Gasteiger charge is -2.16. The molecule has 0 aliphatic heterocycles. The summed E-state index contributed by atoms with van der Waals surface area (Å²) in [6.07, 6.45) is 6.27. The number of nitrogens with zero attached hydrogens (tertiary/aromatic N) is 5. The molecule has 35 heavy (non-hydrogen) atoms. The second-order valence-corrected chi connectivity index (χ2v) is 9.72. The van der Waals surface area contributed by atoms with Gasteiger partial charge >= 0.3 is 0 Å². The Bertz CT molecular complexity index is 1530. The molecule has 0 amide bonds. The lowest BCUT2D eigenvalue weighted by atomic mass is 9.93. The van der Waals surface area contributed by atoms with E-state index in [1.165, 1.54) is 23.6 Å². The van der Waals surface area contributed by atoms with Gasteiger partial charge in [0.25, 0.3) is 0 Å². The molecule has 176 valence electrons. The zero-order chi connectivity index (χ0) is 24.0. The molecule has 0 unspecified atom stereocenters. The number of rotatable bonds is 7. The van der Waals surface area contributed by atoms with Gasteiger partial charge in [0.15, 0.2) is 5.82 Å². The Morgan fingerprint density at radius 3 is 2.80 bits per heavy atom. The average molecular weight is 490 g/mol. The van der Waals surface area contributed by atoms with Crippen LogP contribution in [0.3, 0.4) is 0 Å². The van der Waals surface area contributed by atoms with Crippen molar-refractivity contribution in [3.05, 3.63) is 78.3 Å². The first-order valence-electron chi connectivity index (χ1n) is 11.2. The number of fused-ring (bicyclic) bond motifs is 1. The van der Waals surface area contributed by atoms with Crippen molar-refractivity contribution in [2.75, 3.05) is 11.9 Å². The molecule has 1 aliphatic rings. The summed E-state index contributed by atoms with van der Waals surface area (Å²) < 4.78 is 31.7. The van der Waals surface area contributed by atoms with Crippen molar-refractivity contribution in [2.24, 2.45) is 5.73 Å². The minimum atomic E-state index is -0.509. The van der Waals surface area contributed by atoms with Gasteiger partial charge in [-0.1, -0.05) is 29.5 Å². The fourth-order valence-corrected chi connectivity index (χ4v) is 5.41. The highest BCUT2D eigenvalue weighted by molar-refractivity contribution is 7.22. The third-order valence-electron chi connectivity index (χ3n) is 6.21. The third-order valence-corrected chi connectivity index (χ3v) is 7.41. The number of nitrogens with one attached hydrogen (secondary N) is 1. The second kappa shape index (κ2) is 8.47. The van der Waals surface area contributed by atoms with Crippen LogP contribution in [0.1, 0.15) is 18.4 Å². The Morgan fingerprint density at radius 1 is 1.11 bits per heavy atom. The van der Waals surface area contributed by atoms with Crippen molar-refractivity contribution < 1.29 is 8.78 Å². The summed E-state index contributed by atoms with van der Waals surface area (Å²) in [5.41, 5.74) is 8.90. The molecular weight excluding hydrogens is 468 g/mol. The summed E-state index contributed by atoms with van der Waals surface area (Å²) in [7, 11) is 0. The van der Waals surface area contributed by atoms with Crippen LogP contribution in [0.25, 0.3) is 31.8 Å². The molecule has 2 aromatic carbocycles. The zero-order valence-electron chi connectivity index (χ0n) is 18.6. The summed E-state index contributed by atoms with van der Waals surface area (Å²) in [5, 5.41) is 11.7. The van der Waals surface area contributed by atoms with E-state index in [4.69, 9.17) is 5.73 Å². The predicted octanol–water partition coefficient (Wildman–Crippen LogP) is 4.95. The minimum Gasteiger partial charge on any atom is -0.352 e. The number of nitrogens with two attached hydrogens (primary N) is 1. The smallest absolute Gasteiger partial charge is 0.223 e. The summed E-state index contributed by atoms with van der Waals surface area (Å²) in [4.78, 5) is 9.16. The number of anilines is 1. The Kier molecular flexibility index (Phi) is 5.27. The van der Waals surface area contributed by atoms with Crippen LogP contribution in [-0.4, -0.2) is 31.5 Å². The standard InChI is InChI=1S/C25H21F2N7S/c26-16-4-5-19(25(28)6-7-25)18(13-16)17-3-1-2-15-12-21(35-23(15)17)22-20(27)14-30-24(32-22)29-8-10-34-11-9-31-33-34/h1-5,9,11-14H,6-8,10,28H2,(H,29,30,32). The van der Waals surface area contributed by atoms with Gasteiger partial charge in [-0.3, -0.25) is 4.68 Å². The van der Waals surface area contributed by atoms with Gasteiger partial charge < -0.3 is 11.1 Å². The second-order valence-electron chi connectivity index (χ2n) is 8.66. The van der Waals surface area contributed by atoms with Gasteiger partial charge in [0.2, 0.25) is 5.95 Å². The maximum atomic E-state index is 14.8. The number of thiophene rings is 1. The highest BCUT2D eigenvalue weighted by Crippen LogP contribution is 2.48. The lowest BCUT2D eigenvalue weighted by molar-refractivity contribution is 0.604. The van der Waals surface area contributed by atoms with E-state index < -0.39 is 11.4 Å². The van der Waals surface area contributed by atoms with Crippen LogP contribution in [0.2, 0.25) is 0 Å². The van der Waals surface area contributed by atoms with Gasteiger partial charge in [0, 0.05) is 23.0 Å². The Morgan fingerprint density at radius 2 is 2.00 bits per heavy atom. The highest BCUT2D eigenvalue weighted by Gasteiger charge is 2.41. The summed E-state index contributed by atoms with van der Waals surface area (Å²) in [6, 6.07) is 12.5. The fraction of sp³-hybridized carbons (Fsp3) is 0.200. The molecule has 10 heteroatoms. The molecular formula is C25H21F2N7S. The summed E-state index contributed by atoms with van der Waals surface area (Å²) >= 11 is 1.42.